The van der Waals surface area contributed by atoms with E-state index in [4.69, 9.17) is 14.2 Å². The highest BCUT2D eigenvalue weighted by atomic mass is 32.2. The summed E-state index contributed by atoms with van der Waals surface area (Å²) in [6.07, 6.45) is 1.16. The lowest BCUT2D eigenvalue weighted by atomic mass is 10.1. The van der Waals surface area contributed by atoms with E-state index >= 15 is 0 Å². The van der Waals surface area contributed by atoms with E-state index in [9.17, 15) is 13.2 Å². The van der Waals surface area contributed by atoms with Gasteiger partial charge in [-0.2, -0.15) is 0 Å². The van der Waals surface area contributed by atoms with Crippen molar-refractivity contribution in [2.24, 2.45) is 0 Å². The number of para-hydroxylation sites is 2. The number of carbonyl (C=O) groups is 1. The number of nitrogens with one attached hydrogen (secondary N) is 1. The molecule has 0 saturated carbocycles. The van der Waals surface area contributed by atoms with Crippen molar-refractivity contribution in [3.8, 4) is 17.2 Å². The number of ether oxygens (including phenoxy) is 3. The predicted molar refractivity (Wildman–Crippen MR) is 136 cm³/mol. The van der Waals surface area contributed by atoms with Gasteiger partial charge in [-0.15, -0.1) is 0 Å². The topological polar surface area (TPSA) is 94.2 Å². The van der Waals surface area contributed by atoms with Crippen LogP contribution in [0.1, 0.15) is 22.8 Å². The third-order valence-corrected chi connectivity index (χ3v) is 6.22. The Kier molecular flexibility index (Phi) is 8.97. The van der Waals surface area contributed by atoms with E-state index in [2.05, 4.69) is 5.32 Å². The summed E-state index contributed by atoms with van der Waals surface area (Å²) in [5, 5.41) is 2.81. The third kappa shape index (κ3) is 7.38. The summed E-state index contributed by atoms with van der Waals surface area (Å²) in [6.45, 7) is 3.03. The van der Waals surface area contributed by atoms with Crippen molar-refractivity contribution in [2.45, 2.75) is 13.5 Å². The van der Waals surface area contributed by atoms with Crippen molar-refractivity contribution >= 4 is 21.6 Å². The van der Waals surface area contributed by atoms with Gasteiger partial charge in [0, 0.05) is 5.56 Å². The molecule has 1 amide bonds. The zero-order valence-corrected chi connectivity index (χ0v) is 20.9. The molecule has 0 spiro atoms. The monoisotopic (exact) mass is 498 g/mol. The van der Waals surface area contributed by atoms with Gasteiger partial charge in [-0.25, -0.2) is 8.42 Å². The fourth-order valence-corrected chi connectivity index (χ4v) is 4.25. The van der Waals surface area contributed by atoms with E-state index in [1.54, 1.807) is 79.9 Å². The Hall–Kier alpha value is -3.72. The van der Waals surface area contributed by atoms with Gasteiger partial charge in [0.15, 0.2) is 0 Å². The molecule has 0 aliphatic heterocycles. The van der Waals surface area contributed by atoms with E-state index in [0.29, 0.717) is 42.5 Å². The molecular formula is C26H30N2O6S. The molecule has 0 fully saturated rings. The van der Waals surface area contributed by atoms with Crippen LogP contribution in [0.4, 0.5) is 5.69 Å². The van der Waals surface area contributed by atoms with Gasteiger partial charge in [-0.1, -0.05) is 24.3 Å². The summed E-state index contributed by atoms with van der Waals surface area (Å²) in [5.41, 5.74) is 1.68. The molecule has 0 radical (unpaired) electrons. The van der Waals surface area contributed by atoms with Crippen LogP contribution in [0.25, 0.3) is 0 Å². The Labute approximate surface area is 206 Å². The van der Waals surface area contributed by atoms with Crippen molar-refractivity contribution in [1.82, 2.24) is 5.32 Å². The number of benzene rings is 3. The van der Waals surface area contributed by atoms with Crippen LogP contribution in [-0.2, 0) is 16.6 Å². The summed E-state index contributed by atoms with van der Waals surface area (Å²) < 4.78 is 42.7. The van der Waals surface area contributed by atoms with Crippen molar-refractivity contribution in [1.29, 1.82) is 0 Å². The first kappa shape index (κ1) is 25.9. The summed E-state index contributed by atoms with van der Waals surface area (Å²) in [6, 6.07) is 21.0. The van der Waals surface area contributed by atoms with E-state index < -0.39 is 10.0 Å². The first-order valence-corrected chi connectivity index (χ1v) is 13.0. The van der Waals surface area contributed by atoms with Crippen molar-refractivity contribution < 1.29 is 27.4 Å². The van der Waals surface area contributed by atoms with Crippen molar-refractivity contribution in [3.05, 3.63) is 83.9 Å². The lowest BCUT2D eigenvalue weighted by Gasteiger charge is -2.24. The minimum absolute atomic E-state index is 0.112. The Bertz CT molecular complexity index is 1210. The molecule has 0 aliphatic rings. The third-order valence-electron chi connectivity index (χ3n) is 5.09. The normalized spacial score (nSPS) is 10.9. The predicted octanol–water partition coefficient (Wildman–Crippen LogP) is 3.87. The number of amides is 1. The molecule has 9 heteroatoms. The maximum absolute atomic E-state index is 12.5. The van der Waals surface area contributed by atoms with Crippen molar-refractivity contribution in [3.63, 3.8) is 0 Å². The molecular weight excluding hydrogens is 468 g/mol. The molecule has 186 valence electrons. The molecule has 3 aromatic carbocycles. The smallest absolute Gasteiger partial charge is 0.251 e. The zero-order valence-electron chi connectivity index (χ0n) is 20.1. The van der Waals surface area contributed by atoms with Gasteiger partial charge in [-0.05, 0) is 61.0 Å². The molecule has 8 nitrogen and oxygen atoms in total. The largest absolute Gasteiger partial charge is 0.497 e. The standard InChI is InChI=1S/C26H30N2O6S/c1-4-33-25-8-6-5-7-24(25)28(35(3,30)31)19-20-9-11-21(12-10-20)26(29)27-17-18-34-23-15-13-22(32-2)14-16-23/h5-16H,4,17-19H2,1-3H3,(H,27,29). The molecule has 0 heterocycles. The van der Waals surface area contributed by atoms with E-state index in [0.717, 1.165) is 17.6 Å². The number of nitrogens with zero attached hydrogens (tertiary/aromatic N) is 1. The Morgan fingerprint density at radius 2 is 1.57 bits per heavy atom. The Morgan fingerprint density at radius 3 is 2.20 bits per heavy atom. The quantitative estimate of drug-likeness (QED) is 0.381. The summed E-state index contributed by atoms with van der Waals surface area (Å²) >= 11 is 0. The number of hydrogen-bond donors (Lipinski definition) is 1. The average Bonchev–Trinajstić information content (AvgIpc) is 2.86. The SMILES string of the molecule is CCOc1ccccc1N(Cc1ccc(C(=O)NCCOc2ccc(OC)cc2)cc1)S(C)(=O)=O. The summed E-state index contributed by atoms with van der Waals surface area (Å²) in [5.74, 6) is 1.68. The van der Waals surface area contributed by atoms with Crippen LogP contribution in [0.15, 0.2) is 72.8 Å². The highest BCUT2D eigenvalue weighted by Gasteiger charge is 2.21. The maximum atomic E-state index is 12.5. The molecule has 0 unspecified atom stereocenters. The first-order chi connectivity index (χ1) is 16.8. The molecule has 3 rings (SSSR count). The van der Waals surface area contributed by atoms with Gasteiger partial charge in [-0.3, -0.25) is 9.10 Å². The van der Waals surface area contributed by atoms with Gasteiger partial charge in [0.1, 0.15) is 23.9 Å². The molecule has 0 aliphatic carbocycles. The maximum Gasteiger partial charge on any atom is 0.251 e. The van der Waals surface area contributed by atoms with Crippen LogP contribution >= 0.6 is 0 Å². The van der Waals surface area contributed by atoms with Gasteiger partial charge < -0.3 is 19.5 Å². The summed E-state index contributed by atoms with van der Waals surface area (Å²) in [4.78, 5) is 12.5. The molecule has 0 bridgehead atoms. The molecule has 3 aromatic rings. The van der Waals surface area contributed by atoms with Gasteiger partial charge in [0.2, 0.25) is 10.0 Å². The first-order valence-electron chi connectivity index (χ1n) is 11.2. The summed E-state index contributed by atoms with van der Waals surface area (Å²) in [7, 11) is -1.97. The molecule has 35 heavy (non-hydrogen) atoms. The molecule has 1 N–H and O–H groups in total. The van der Waals surface area contributed by atoms with Crippen LogP contribution in [0, 0.1) is 0 Å². The fraction of sp³-hybridized carbons (Fsp3) is 0.269. The number of carbonyl (C=O) groups excluding carboxylic acids is 1. The van der Waals surface area contributed by atoms with Gasteiger partial charge in [0.05, 0.1) is 38.7 Å². The number of rotatable bonds is 12. The number of methoxy groups -OCH3 is 1. The highest BCUT2D eigenvalue weighted by molar-refractivity contribution is 7.92. The zero-order chi connectivity index (χ0) is 25.3. The van der Waals surface area contributed by atoms with E-state index in [1.165, 1.54) is 4.31 Å². The van der Waals surface area contributed by atoms with Gasteiger partial charge >= 0.3 is 0 Å². The van der Waals surface area contributed by atoms with Crippen LogP contribution in [0.2, 0.25) is 0 Å². The van der Waals surface area contributed by atoms with E-state index in [1.807, 2.05) is 6.92 Å². The second-order valence-electron chi connectivity index (χ2n) is 7.65. The van der Waals surface area contributed by atoms with Crippen LogP contribution in [0.5, 0.6) is 17.2 Å². The lowest BCUT2D eigenvalue weighted by Crippen LogP contribution is -2.30. The second kappa shape index (κ2) is 12.1. The molecule has 0 saturated heterocycles. The van der Waals surface area contributed by atoms with Crippen LogP contribution < -0.4 is 23.8 Å². The minimum atomic E-state index is -3.57. The lowest BCUT2D eigenvalue weighted by molar-refractivity contribution is 0.0947. The second-order valence-corrected chi connectivity index (χ2v) is 9.55. The number of anilines is 1. The van der Waals surface area contributed by atoms with Crippen molar-refractivity contribution in [2.75, 3.05) is 37.4 Å². The number of sulfonamides is 1. The molecule has 0 aromatic heterocycles. The average molecular weight is 499 g/mol. The minimum Gasteiger partial charge on any atom is -0.497 e. The van der Waals surface area contributed by atoms with E-state index in [-0.39, 0.29) is 12.5 Å². The highest BCUT2D eigenvalue weighted by Crippen LogP contribution is 2.31. The Balaban J connectivity index is 1.59. The van der Waals surface area contributed by atoms with Crippen LogP contribution in [0.3, 0.4) is 0 Å². The van der Waals surface area contributed by atoms with Crippen LogP contribution in [-0.4, -0.2) is 47.4 Å². The Morgan fingerprint density at radius 1 is 0.914 bits per heavy atom. The number of hydrogen-bond acceptors (Lipinski definition) is 6. The van der Waals surface area contributed by atoms with Gasteiger partial charge in [0.25, 0.3) is 5.91 Å². The molecule has 0 atom stereocenters. The fourth-order valence-electron chi connectivity index (χ4n) is 3.36.